The molecule has 1 aliphatic heterocycles. The predicted molar refractivity (Wildman–Crippen MR) is 82.2 cm³/mol. The molecule has 1 N–H and O–H groups in total. The highest BCUT2D eigenvalue weighted by atomic mass is 15.2. The lowest BCUT2D eigenvalue weighted by Gasteiger charge is -2.18. The van der Waals surface area contributed by atoms with Crippen LogP contribution in [0, 0.1) is 0 Å². The normalized spacial score (nSPS) is 18.8. The summed E-state index contributed by atoms with van der Waals surface area (Å²) < 4.78 is 0. The maximum absolute atomic E-state index is 4.01. The quantitative estimate of drug-likeness (QED) is 0.756. The molecule has 2 nitrogen and oxygen atoms in total. The summed E-state index contributed by atoms with van der Waals surface area (Å²) in [6, 6.07) is 11.4. The zero-order chi connectivity index (χ0) is 13.5. The van der Waals surface area contributed by atoms with Crippen molar-refractivity contribution in [3.05, 3.63) is 48.2 Å². The van der Waals surface area contributed by atoms with Crippen molar-refractivity contribution in [2.75, 3.05) is 19.6 Å². The fourth-order valence-electron chi connectivity index (χ4n) is 2.68. The molecule has 0 bridgehead atoms. The van der Waals surface area contributed by atoms with Gasteiger partial charge in [0.25, 0.3) is 0 Å². The summed E-state index contributed by atoms with van der Waals surface area (Å²) in [5.74, 6) is 0. The van der Waals surface area contributed by atoms with Crippen LogP contribution in [0.3, 0.4) is 0 Å². The van der Waals surface area contributed by atoms with E-state index >= 15 is 0 Å². The van der Waals surface area contributed by atoms with Crippen LogP contribution >= 0.6 is 0 Å². The van der Waals surface area contributed by atoms with Crippen molar-refractivity contribution in [2.24, 2.45) is 0 Å². The Morgan fingerprint density at radius 3 is 2.79 bits per heavy atom. The van der Waals surface area contributed by atoms with Gasteiger partial charge in [-0.3, -0.25) is 0 Å². The second-order valence-electron chi connectivity index (χ2n) is 5.56. The second kappa shape index (κ2) is 7.34. The van der Waals surface area contributed by atoms with E-state index in [1.807, 2.05) is 0 Å². The third-order valence-electron chi connectivity index (χ3n) is 3.90. The minimum Gasteiger partial charge on any atom is -0.374 e. The minimum atomic E-state index is 0.661. The molecule has 2 rings (SSSR count). The van der Waals surface area contributed by atoms with E-state index in [2.05, 4.69) is 54.1 Å². The van der Waals surface area contributed by atoms with Gasteiger partial charge in [-0.05, 0) is 44.7 Å². The predicted octanol–water partition coefficient (Wildman–Crippen LogP) is 3.21. The van der Waals surface area contributed by atoms with Crippen molar-refractivity contribution in [1.82, 2.24) is 10.2 Å². The van der Waals surface area contributed by atoms with E-state index in [1.54, 1.807) is 0 Å². The number of aryl methyl sites for hydroxylation is 1. The van der Waals surface area contributed by atoms with Crippen LogP contribution in [0.2, 0.25) is 0 Å². The van der Waals surface area contributed by atoms with Crippen molar-refractivity contribution in [3.8, 4) is 0 Å². The van der Waals surface area contributed by atoms with Gasteiger partial charge in [-0.2, -0.15) is 0 Å². The smallest absolute Gasteiger partial charge is 0.0329 e. The molecule has 0 aromatic heterocycles. The average molecular weight is 258 g/mol. The molecule has 19 heavy (non-hydrogen) atoms. The molecule has 1 atom stereocenters. The van der Waals surface area contributed by atoms with Crippen LogP contribution in [-0.2, 0) is 6.42 Å². The first-order valence-corrected chi connectivity index (χ1v) is 7.43. The monoisotopic (exact) mass is 258 g/mol. The van der Waals surface area contributed by atoms with E-state index in [9.17, 15) is 0 Å². The van der Waals surface area contributed by atoms with Crippen LogP contribution in [0.15, 0.2) is 42.6 Å². The Kier molecular flexibility index (Phi) is 5.46. The molecule has 0 saturated carbocycles. The lowest BCUT2D eigenvalue weighted by atomic mass is 10.1. The zero-order valence-corrected chi connectivity index (χ0v) is 12.1. The van der Waals surface area contributed by atoms with E-state index < -0.39 is 0 Å². The molecule has 104 valence electrons. The molecule has 2 heteroatoms. The molecule has 0 spiro atoms. The van der Waals surface area contributed by atoms with Gasteiger partial charge in [-0.25, -0.2) is 0 Å². The highest BCUT2D eigenvalue weighted by Gasteiger charge is 2.20. The fraction of sp³-hybridized carbons (Fsp3) is 0.529. The summed E-state index contributed by atoms with van der Waals surface area (Å²) in [7, 11) is 0. The summed E-state index contributed by atoms with van der Waals surface area (Å²) in [6.45, 7) is 9.55. The van der Waals surface area contributed by atoms with Crippen molar-refractivity contribution < 1.29 is 0 Å². The maximum atomic E-state index is 4.01. The highest BCUT2D eigenvalue weighted by molar-refractivity contribution is 5.14. The van der Waals surface area contributed by atoms with Crippen LogP contribution in [0.4, 0.5) is 0 Å². The van der Waals surface area contributed by atoms with Crippen molar-refractivity contribution in [3.63, 3.8) is 0 Å². The summed E-state index contributed by atoms with van der Waals surface area (Å²) in [6.07, 6.45) is 4.99. The molecule has 1 heterocycles. The van der Waals surface area contributed by atoms with Gasteiger partial charge in [-0.15, -0.1) is 0 Å². The number of allylic oxidation sites excluding steroid dienone is 1. The van der Waals surface area contributed by atoms with E-state index in [1.165, 1.54) is 36.9 Å². The van der Waals surface area contributed by atoms with E-state index in [-0.39, 0.29) is 0 Å². The van der Waals surface area contributed by atoms with E-state index in [0.29, 0.717) is 6.04 Å². The topological polar surface area (TPSA) is 15.3 Å². The highest BCUT2D eigenvalue weighted by Crippen LogP contribution is 2.13. The first-order valence-electron chi connectivity index (χ1n) is 7.43. The third-order valence-corrected chi connectivity index (χ3v) is 3.90. The number of nitrogens with one attached hydrogen (secondary N) is 1. The molecule has 1 aromatic carbocycles. The van der Waals surface area contributed by atoms with Crippen molar-refractivity contribution in [2.45, 2.75) is 38.6 Å². The van der Waals surface area contributed by atoms with Crippen LogP contribution in [0.25, 0.3) is 0 Å². The van der Waals surface area contributed by atoms with Gasteiger partial charge in [-0.1, -0.05) is 36.9 Å². The zero-order valence-electron chi connectivity index (χ0n) is 12.1. The molecule has 1 aromatic rings. The van der Waals surface area contributed by atoms with Crippen LogP contribution < -0.4 is 5.32 Å². The maximum Gasteiger partial charge on any atom is 0.0329 e. The molecule has 1 aliphatic rings. The van der Waals surface area contributed by atoms with Crippen molar-refractivity contribution in [1.29, 1.82) is 0 Å². The summed E-state index contributed by atoms with van der Waals surface area (Å²) >= 11 is 0. The lowest BCUT2D eigenvalue weighted by Crippen LogP contribution is -2.32. The number of hydrogen-bond donors (Lipinski definition) is 1. The van der Waals surface area contributed by atoms with Crippen LogP contribution in [0.5, 0.6) is 0 Å². The van der Waals surface area contributed by atoms with Gasteiger partial charge in [0, 0.05) is 24.8 Å². The molecule has 1 fully saturated rings. The second-order valence-corrected chi connectivity index (χ2v) is 5.56. The Bertz CT molecular complexity index is 386. The molecule has 1 unspecified atom stereocenters. The van der Waals surface area contributed by atoms with Gasteiger partial charge in [0.15, 0.2) is 0 Å². The Morgan fingerprint density at radius 1 is 1.32 bits per heavy atom. The van der Waals surface area contributed by atoms with Crippen LogP contribution in [-0.4, -0.2) is 30.6 Å². The molecule has 1 saturated heterocycles. The SMILES string of the molecule is C=C(C)N1CCC(NCCCCc2ccccc2)C1. The summed E-state index contributed by atoms with van der Waals surface area (Å²) in [5.41, 5.74) is 2.66. The number of hydrogen-bond acceptors (Lipinski definition) is 2. The standard InChI is InChI=1S/C17H26N2/c1-15(2)19-13-11-17(14-19)18-12-7-6-10-16-8-4-3-5-9-16/h3-5,8-9,17-18H,1,6-7,10-14H2,2H3. The number of rotatable bonds is 7. The fourth-order valence-corrected chi connectivity index (χ4v) is 2.68. The van der Waals surface area contributed by atoms with Gasteiger partial charge >= 0.3 is 0 Å². The number of benzene rings is 1. The number of likely N-dealkylation sites (tertiary alicyclic amines) is 1. The molecule has 0 amide bonds. The number of nitrogens with zero attached hydrogens (tertiary/aromatic N) is 1. The van der Waals surface area contributed by atoms with Gasteiger partial charge < -0.3 is 10.2 Å². The molecular weight excluding hydrogens is 232 g/mol. The Hall–Kier alpha value is -1.28. The Balaban J connectivity index is 1.54. The third kappa shape index (κ3) is 4.71. The largest absolute Gasteiger partial charge is 0.374 e. The molecule has 0 radical (unpaired) electrons. The number of unbranched alkanes of at least 4 members (excludes halogenated alkanes) is 1. The van der Waals surface area contributed by atoms with E-state index in [0.717, 1.165) is 19.6 Å². The van der Waals surface area contributed by atoms with Gasteiger partial charge in [0.2, 0.25) is 0 Å². The minimum absolute atomic E-state index is 0.661. The average Bonchev–Trinajstić information content (AvgIpc) is 2.89. The van der Waals surface area contributed by atoms with E-state index in [4.69, 9.17) is 0 Å². The lowest BCUT2D eigenvalue weighted by molar-refractivity contribution is 0.407. The Morgan fingerprint density at radius 2 is 2.11 bits per heavy atom. The van der Waals surface area contributed by atoms with Crippen molar-refractivity contribution >= 4 is 0 Å². The molecule has 0 aliphatic carbocycles. The van der Waals surface area contributed by atoms with Gasteiger partial charge in [0.1, 0.15) is 0 Å². The first-order chi connectivity index (χ1) is 9.25. The molecular formula is C17H26N2. The summed E-state index contributed by atoms with van der Waals surface area (Å²) in [4.78, 5) is 2.38. The van der Waals surface area contributed by atoms with Crippen LogP contribution in [0.1, 0.15) is 31.7 Å². The van der Waals surface area contributed by atoms with Gasteiger partial charge in [0.05, 0.1) is 0 Å². The first kappa shape index (κ1) is 14.1. The Labute approximate surface area is 117 Å². The summed E-state index contributed by atoms with van der Waals surface area (Å²) in [5, 5.41) is 3.67.